The van der Waals surface area contributed by atoms with E-state index in [9.17, 15) is 4.79 Å². The number of allylic oxidation sites excluding steroid dienone is 2. The van der Waals surface area contributed by atoms with Gasteiger partial charge in [0.2, 0.25) is 0 Å². The Kier molecular flexibility index (Phi) is 12.1. The summed E-state index contributed by atoms with van der Waals surface area (Å²) >= 11 is 0. The standard InChI is InChI=1S/C18H22N2O.C9H12.C3H8/c1-12-7-9-14(10-8-12)11-15-5-3-4-6-16(13(15)2)17(19)18(20)21;1-7-4-5-8(2)9(3)6-7;1-3-2/h7-11,19H,3-6H2,1-2H3,(H2,20,21);4-6H,1-3H3;3H2,1-2H3/b15-11+,19-17?;;. The van der Waals surface area contributed by atoms with E-state index in [1.165, 1.54) is 34.2 Å². The van der Waals surface area contributed by atoms with Crippen LogP contribution in [0, 0.1) is 33.1 Å². The first-order valence-corrected chi connectivity index (χ1v) is 12.0. The van der Waals surface area contributed by atoms with Gasteiger partial charge >= 0.3 is 0 Å². The number of hydrogen-bond acceptors (Lipinski definition) is 2. The first-order chi connectivity index (χ1) is 15.6. The highest BCUT2D eigenvalue weighted by atomic mass is 16.1. The zero-order chi connectivity index (χ0) is 25.0. The highest BCUT2D eigenvalue weighted by molar-refractivity contribution is 6.43. The van der Waals surface area contributed by atoms with E-state index < -0.39 is 5.91 Å². The molecule has 0 unspecified atom stereocenters. The lowest BCUT2D eigenvalue weighted by molar-refractivity contribution is -0.112. The van der Waals surface area contributed by atoms with Crippen molar-refractivity contribution in [2.45, 2.75) is 80.6 Å². The van der Waals surface area contributed by atoms with Gasteiger partial charge in [0.1, 0.15) is 5.71 Å². The Morgan fingerprint density at radius 3 is 1.94 bits per heavy atom. The van der Waals surface area contributed by atoms with Crippen molar-refractivity contribution >= 4 is 17.7 Å². The van der Waals surface area contributed by atoms with Gasteiger partial charge < -0.3 is 5.73 Å². The Bertz CT molecular complexity index is 994. The predicted molar refractivity (Wildman–Crippen MR) is 144 cm³/mol. The summed E-state index contributed by atoms with van der Waals surface area (Å²) in [5.41, 5.74) is 14.8. The van der Waals surface area contributed by atoms with Gasteiger partial charge in [-0.25, -0.2) is 0 Å². The number of nitrogens with one attached hydrogen (secondary N) is 1. The van der Waals surface area contributed by atoms with Crippen molar-refractivity contribution < 1.29 is 4.79 Å². The van der Waals surface area contributed by atoms with Gasteiger partial charge in [-0.1, -0.05) is 79.9 Å². The predicted octanol–water partition coefficient (Wildman–Crippen LogP) is 7.80. The number of benzene rings is 2. The Balaban J connectivity index is 0.000000375. The first-order valence-electron chi connectivity index (χ1n) is 12.0. The van der Waals surface area contributed by atoms with E-state index in [0.717, 1.165) is 42.4 Å². The fourth-order valence-electron chi connectivity index (χ4n) is 3.58. The first kappa shape index (κ1) is 28.1. The fourth-order valence-corrected chi connectivity index (χ4v) is 3.58. The molecule has 1 amide bonds. The van der Waals surface area contributed by atoms with Crippen molar-refractivity contribution in [2.75, 3.05) is 0 Å². The Morgan fingerprint density at radius 1 is 0.879 bits per heavy atom. The summed E-state index contributed by atoms with van der Waals surface area (Å²) in [6.07, 6.45) is 7.22. The smallest absolute Gasteiger partial charge is 0.266 e. The van der Waals surface area contributed by atoms with E-state index in [-0.39, 0.29) is 5.71 Å². The SMILES string of the molecule is CC1=C(C(=N)C(N)=O)CCCC/C1=C\c1ccc(C)cc1.CCC.Cc1ccc(C)c(C)c1. The molecule has 1 aliphatic carbocycles. The molecule has 0 radical (unpaired) electrons. The van der Waals surface area contributed by atoms with Gasteiger partial charge in [-0.15, -0.1) is 0 Å². The Labute approximate surface area is 201 Å². The Hall–Kier alpha value is -2.94. The molecule has 0 saturated carbocycles. The minimum Gasteiger partial charge on any atom is -0.364 e. The van der Waals surface area contributed by atoms with Gasteiger partial charge in [-0.3, -0.25) is 10.2 Å². The van der Waals surface area contributed by atoms with E-state index in [0.29, 0.717) is 0 Å². The van der Waals surface area contributed by atoms with Crippen molar-refractivity contribution in [1.82, 2.24) is 0 Å². The molecule has 0 atom stereocenters. The van der Waals surface area contributed by atoms with Crippen LogP contribution >= 0.6 is 0 Å². The third kappa shape index (κ3) is 9.61. The molecule has 0 aromatic heterocycles. The fraction of sp³-hybridized carbons (Fsp3) is 0.400. The molecule has 1 aliphatic rings. The zero-order valence-electron chi connectivity index (χ0n) is 21.6. The number of hydrogen-bond donors (Lipinski definition) is 2. The number of aryl methyl sites for hydroxylation is 4. The lowest BCUT2D eigenvalue weighted by atomic mass is 9.95. The molecule has 0 bridgehead atoms. The molecular weight excluding hydrogens is 404 g/mol. The van der Waals surface area contributed by atoms with Crippen LogP contribution in [0.15, 0.2) is 59.2 Å². The molecule has 3 rings (SSSR count). The van der Waals surface area contributed by atoms with Crippen LogP contribution in [-0.4, -0.2) is 11.6 Å². The summed E-state index contributed by atoms with van der Waals surface area (Å²) in [5.74, 6) is -0.638. The number of carbonyl (C=O) groups excluding carboxylic acids is 1. The molecule has 3 N–H and O–H groups in total. The van der Waals surface area contributed by atoms with E-state index in [2.05, 4.69) is 90.1 Å². The maximum absolute atomic E-state index is 11.3. The van der Waals surface area contributed by atoms with Crippen LogP contribution in [0.3, 0.4) is 0 Å². The molecule has 0 saturated heterocycles. The highest BCUT2D eigenvalue weighted by Crippen LogP contribution is 2.30. The van der Waals surface area contributed by atoms with Crippen LogP contribution in [-0.2, 0) is 4.79 Å². The van der Waals surface area contributed by atoms with Gasteiger partial charge in [0, 0.05) is 0 Å². The minimum absolute atomic E-state index is 0.0378. The Morgan fingerprint density at radius 2 is 1.42 bits per heavy atom. The maximum atomic E-state index is 11.3. The van der Waals surface area contributed by atoms with Crippen molar-refractivity contribution in [3.8, 4) is 0 Å². The number of nitrogens with two attached hydrogens (primary N) is 1. The van der Waals surface area contributed by atoms with Gasteiger partial charge in [0.05, 0.1) is 0 Å². The van der Waals surface area contributed by atoms with Crippen LogP contribution in [0.2, 0.25) is 0 Å². The van der Waals surface area contributed by atoms with Crippen LogP contribution in [0.25, 0.3) is 6.08 Å². The van der Waals surface area contributed by atoms with Gasteiger partial charge in [-0.05, 0) is 93.7 Å². The molecule has 0 heterocycles. The third-order valence-corrected chi connectivity index (χ3v) is 5.69. The second kappa shape index (κ2) is 14.3. The number of amides is 1. The van der Waals surface area contributed by atoms with Crippen LogP contribution < -0.4 is 5.73 Å². The van der Waals surface area contributed by atoms with Gasteiger partial charge in [-0.2, -0.15) is 0 Å². The zero-order valence-corrected chi connectivity index (χ0v) is 21.6. The summed E-state index contributed by atoms with van der Waals surface area (Å²) in [5, 5.41) is 7.90. The highest BCUT2D eigenvalue weighted by Gasteiger charge is 2.18. The summed E-state index contributed by atoms with van der Waals surface area (Å²) in [7, 11) is 0. The van der Waals surface area contributed by atoms with E-state index >= 15 is 0 Å². The monoisotopic (exact) mass is 446 g/mol. The van der Waals surface area contributed by atoms with E-state index in [4.69, 9.17) is 11.1 Å². The molecule has 2 aromatic carbocycles. The lowest BCUT2D eigenvalue weighted by Gasteiger charge is -2.11. The molecular formula is C30H42N2O. The van der Waals surface area contributed by atoms with Crippen molar-refractivity contribution in [3.05, 3.63) is 87.0 Å². The number of primary amides is 1. The molecule has 178 valence electrons. The summed E-state index contributed by atoms with van der Waals surface area (Å²) in [6, 6.07) is 14.9. The van der Waals surface area contributed by atoms with Crippen LogP contribution in [0.1, 0.15) is 80.7 Å². The van der Waals surface area contributed by atoms with E-state index in [1.807, 2.05) is 6.92 Å². The quantitative estimate of drug-likeness (QED) is 0.464. The second-order valence-electron chi connectivity index (χ2n) is 8.92. The average molecular weight is 447 g/mol. The molecule has 3 heteroatoms. The summed E-state index contributed by atoms with van der Waals surface area (Å²) in [4.78, 5) is 11.3. The molecule has 0 aliphatic heterocycles. The van der Waals surface area contributed by atoms with Gasteiger partial charge in [0.15, 0.2) is 0 Å². The largest absolute Gasteiger partial charge is 0.364 e. The lowest BCUT2D eigenvalue weighted by Crippen LogP contribution is -2.24. The molecule has 0 spiro atoms. The average Bonchev–Trinajstić information content (AvgIpc) is 2.94. The summed E-state index contributed by atoms with van der Waals surface area (Å²) < 4.78 is 0. The normalized spacial score (nSPS) is 14.5. The number of rotatable bonds is 3. The minimum atomic E-state index is -0.638. The molecule has 2 aromatic rings. The van der Waals surface area contributed by atoms with E-state index in [1.54, 1.807) is 0 Å². The van der Waals surface area contributed by atoms with Crippen LogP contribution in [0.5, 0.6) is 0 Å². The number of carbonyl (C=O) groups is 1. The van der Waals surface area contributed by atoms with Crippen LogP contribution in [0.4, 0.5) is 0 Å². The molecule has 3 nitrogen and oxygen atoms in total. The topological polar surface area (TPSA) is 66.9 Å². The third-order valence-electron chi connectivity index (χ3n) is 5.69. The summed E-state index contributed by atoms with van der Waals surface area (Å²) in [6.45, 7) is 14.7. The molecule has 0 fully saturated rings. The van der Waals surface area contributed by atoms with Crippen molar-refractivity contribution in [1.29, 1.82) is 5.41 Å². The van der Waals surface area contributed by atoms with Crippen molar-refractivity contribution in [2.24, 2.45) is 5.73 Å². The molecule has 33 heavy (non-hydrogen) atoms. The maximum Gasteiger partial charge on any atom is 0.266 e. The second-order valence-corrected chi connectivity index (χ2v) is 8.92. The van der Waals surface area contributed by atoms with Crippen molar-refractivity contribution in [3.63, 3.8) is 0 Å². The van der Waals surface area contributed by atoms with Gasteiger partial charge in [0.25, 0.3) is 5.91 Å².